The molecule has 1 atom stereocenters. The van der Waals surface area contributed by atoms with Crippen LogP contribution in [0.2, 0.25) is 0 Å². The summed E-state index contributed by atoms with van der Waals surface area (Å²) >= 11 is 0.821. The van der Waals surface area contributed by atoms with Crippen LogP contribution in [0.5, 0.6) is 5.75 Å². The van der Waals surface area contributed by atoms with Crippen LogP contribution < -0.4 is 10.1 Å². The minimum absolute atomic E-state index is 0.0422. The van der Waals surface area contributed by atoms with Crippen LogP contribution in [0.25, 0.3) is 0 Å². The molecule has 0 spiro atoms. The van der Waals surface area contributed by atoms with Crippen LogP contribution in [0, 0.1) is 22.1 Å². The van der Waals surface area contributed by atoms with Gasteiger partial charge in [-0.15, -0.1) is 0 Å². The largest absolute Gasteiger partial charge is 0.494 e. The van der Waals surface area contributed by atoms with Crippen LogP contribution in [-0.4, -0.2) is 47.6 Å². The molecule has 0 bridgehead atoms. The van der Waals surface area contributed by atoms with Crippen LogP contribution in [0.15, 0.2) is 35.9 Å². The molecule has 0 fully saturated rings. The number of nitriles is 1. The number of amides is 1. The van der Waals surface area contributed by atoms with Crippen molar-refractivity contribution in [1.82, 2.24) is 10.2 Å². The fourth-order valence-electron chi connectivity index (χ4n) is 2.63. The highest BCUT2D eigenvalue weighted by Gasteiger charge is 2.15. The van der Waals surface area contributed by atoms with Gasteiger partial charge in [-0.2, -0.15) is 5.26 Å². The fraction of sp³-hybridized carbons (Fsp3) is 0.429. The molecule has 1 aromatic rings. The van der Waals surface area contributed by atoms with E-state index in [0.717, 1.165) is 60.8 Å². The second-order valence-electron chi connectivity index (χ2n) is 6.27. The second-order valence-corrected chi connectivity index (χ2v) is 7.18. The van der Waals surface area contributed by atoms with E-state index < -0.39 is 5.91 Å². The molecule has 0 saturated carbocycles. The summed E-state index contributed by atoms with van der Waals surface area (Å²) in [5.41, 5.74) is 1.67. The van der Waals surface area contributed by atoms with E-state index in [-0.39, 0.29) is 16.7 Å². The lowest BCUT2D eigenvalue weighted by Gasteiger charge is -2.18. The molecule has 3 N–H and O–H groups in total. The van der Waals surface area contributed by atoms with Crippen molar-refractivity contribution in [3.8, 4) is 11.8 Å². The van der Waals surface area contributed by atoms with Crippen molar-refractivity contribution in [2.45, 2.75) is 33.2 Å². The van der Waals surface area contributed by atoms with Gasteiger partial charge in [0.25, 0.3) is 5.91 Å². The number of benzene rings is 1. The Morgan fingerprint density at radius 2 is 2.14 bits per heavy atom. The van der Waals surface area contributed by atoms with Crippen molar-refractivity contribution in [3.63, 3.8) is 0 Å². The second kappa shape index (κ2) is 13.5. The number of nitrogens with zero attached hydrogens (tertiary/aromatic N) is 2. The molecule has 0 heterocycles. The first-order chi connectivity index (χ1) is 13.9. The summed E-state index contributed by atoms with van der Waals surface area (Å²) in [6.07, 6.45) is 2.10. The topological polar surface area (TPSA) is 113 Å². The minimum atomic E-state index is -0.555. The predicted octanol–water partition coefficient (Wildman–Crippen LogP) is 3.74. The molecule has 1 unspecified atom stereocenters. The molecule has 0 aromatic heterocycles. The van der Waals surface area contributed by atoms with Crippen LogP contribution in [-0.2, 0) is 4.79 Å². The van der Waals surface area contributed by atoms with E-state index in [1.165, 1.54) is 0 Å². The van der Waals surface area contributed by atoms with Crippen molar-refractivity contribution in [2.24, 2.45) is 0 Å². The molecular weight excluding hydrogens is 386 g/mol. The van der Waals surface area contributed by atoms with Gasteiger partial charge in [-0.3, -0.25) is 10.2 Å². The first-order valence-electron chi connectivity index (χ1n) is 9.57. The lowest BCUT2D eigenvalue weighted by molar-refractivity contribution is -0.117. The number of carbonyl (C=O) groups is 1. The summed E-state index contributed by atoms with van der Waals surface area (Å²) in [7, 11) is 0. The van der Waals surface area contributed by atoms with Gasteiger partial charge in [-0.25, -0.2) is 0 Å². The normalized spacial score (nSPS) is 12.2. The molecule has 1 amide bonds. The fourth-order valence-corrected chi connectivity index (χ4v) is 2.94. The molecule has 0 saturated heterocycles. The number of nitrogens with one attached hydrogen (secondary N) is 3. The number of carbonyl (C=O) groups excluding carboxylic acids is 1. The molecule has 1 aromatic carbocycles. The van der Waals surface area contributed by atoms with Crippen molar-refractivity contribution in [2.75, 3.05) is 26.2 Å². The Bertz CT molecular complexity index is 769. The Kier molecular flexibility index (Phi) is 11.4. The molecule has 0 aliphatic carbocycles. The quantitative estimate of drug-likeness (QED) is 0.158. The van der Waals surface area contributed by atoms with Crippen LogP contribution in [0.1, 0.15) is 38.8 Å². The van der Waals surface area contributed by atoms with Gasteiger partial charge in [0.05, 0.1) is 23.2 Å². The SMILES string of the molecule is CCN(CC)CCCOc1cccc(C(C)NC(=O)/C(C#N)=C/C(=N)SC=N)c1. The Morgan fingerprint density at radius 3 is 2.76 bits per heavy atom. The van der Waals surface area contributed by atoms with Crippen molar-refractivity contribution in [1.29, 1.82) is 16.1 Å². The van der Waals surface area contributed by atoms with Gasteiger partial charge in [-0.1, -0.05) is 37.7 Å². The Labute approximate surface area is 177 Å². The van der Waals surface area contributed by atoms with E-state index in [1.807, 2.05) is 31.2 Å². The van der Waals surface area contributed by atoms with E-state index in [4.69, 9.17) is 15.6 Å². The monoisotopic (exact) mass is 415 g/mol. The minimum Gasteiger partial charge on any atom is -0.494 e. The first-order valence-corrected chi connectivity index (χ1v) is 10.4. The van der Waals surface area contributed by atoms with Gasteiger partial charge in [0.2, 0.25) is 0 Å². The van der Waals surface area contributed by atoms with Gasteiger partial charge >= 0.3 is 0 Å². The van der Waals surface area contributed by atoms with E-state index in [1.54, 1.807) is 6.07 Å². The molecule has 156 valence electrons. The summed E-state index contributed by atoms with van der Waals surface area (Å²) in [6.45, 7) is 9.79. The summed E-state index contributed by atoms with van der Waals surface area (Å²) in [4.78, 5) is 14.7. The maximum atomic E-state index is 12.3. The Morgan fingerprint density at radius 1 is 1.41 bits per heavy atom. The molecule has 1 rings (SSSR count). The summed E-state index contributed by atoms with van der Waals surface area (Å²) < 4.78 is 5.83. The number of hydrogen-bond acceptors (Lipinski definition) is 7. The van der Waals surface area contributed by atoms with Crippen molar-refractivity contribution in [3.05, 3.63) is 41.5 Å². The number of ether oxygens (including phenoxy) is 1. The number of rotatable bonds is 12. The highest BCUT2D eigenvalue weighted by Crippen LogP contribution is 2.20. The average Bonchev–Trinajstić information content (AvgIpc) is 2.72. The molecule has 0 aliphatic heterocycles. The highest BCUT2D eigenvalue weighted by atomic mass is 32.2. The number of thioether (sulfide) groups is 1. The van der Waals surface area contributed by atoms with Crippen molar-refractivity contribution < 1.29 is 9.53 Å². The van der Waals surface area contributed by atoms with Crippen molar-refractivity contribution >= 4 is 28.3 Å². The summed E-state index contributed by atoms with van der Waals surface area (Å²) in [5.74, 6) is 0.184. The predicted molar refractivity (Wildman–Crippen MR) is 119 cm³/mol. The highest BCUT2D eigenvalue weighted by molar-refractivity contribution is 8.25. The van der Waals surface area contributed by atoms with Gasteiger partial charge < -0.3 is 20.4 Å². The van der Waals surface area contributed by atoms with E-state index in [2.05, 4.69) is 24.1 Å². The molecule has 0 aliphatic rings. The van der Waals surface area contributed by atoms with Crippen LogP contribution >= 0.6 is 11.8 Å². The average molecular weight is 416 g/mol. The van der Waals surface area contributed by atoms with E-state index in [9.17, 15) is 10.1 Å². The smallest absolute Gasteiger partial charge is 0.262 e. The van der Waals surface area contributed by atoms with Gasteiger partial charge in [0.1, 0.15) is 17.4 Å². The molecular formula is C21H29N5O2S. The number of hydrogen-bond donors (Lipinski definition) is 3. The van der Waals surface area contributed by atoms with E-state index >= 15 is 0 Å². The zero-order valence-corrected chi connectivity index (χ0v) is 18.0. The first kappa shape index (κ1) is 24.4. The molecule has 29 heavy (non-hydrogen) atoms. The third-order valence-electron chi connectivity index (χ3n) is 4.31. The van der Waals surface area contributed by atoms with Gasteiger partial charge in [0, 0.05) is 6.54 Å². The van der Waals surface area contributed by atoms with Gasteiger partial charge in [-0.05, 0) is 50.2 Å². The van der Waals surface area contributed by atoms with Crippen LogP contribution in [0.3, 0.4) is 0 Å². The molecule has 8 heteroatoms. The zero-order valence-electron chi connectivity index (χ0n) is 17.2. The van der Waals surface area contributed by atoms with E-state index in [0.29, 0.717) is 6.61 Å². The maximum Gasteiger partial charge on any atom is 0.262 e. The van der Waals surface area contributed by atoms with Gasteiger partial charge in [0.15, 0.2) is 0 Å². The molecule has 7 nitrogen and oxygen atoms in total. The summed E-state index contributed by atoms with van der Waals surface area (Å²) in [6, 6.07) is 8.99. The van der Waals surface area contributed by atoms with Crippen LogP contribution in [0.4, 0.5) is 0 Å². The third-order valence-corrected chi connectivity index (χ3v) is 4.80. The standard InChI is InChI=1S/C21H29N5O2S/c1-4-26(5-2)10-7-11-28-19-9-6-8-17(12-19)16(3)25-21(27)18(14-22)13-20(24)29-15-23/h6,8-9,12-13,15-16,23-24H,4-5,7,10-11H2,1-3H3,(H,25,27)/b18-13+,23-15?,24-20?. The third kappa shape index (κ3) is 8.94. The lowest BCUT2D eigenvalue weighted by Crippen LogP contribution is -2.28. The lowest BCUT2D eigenvalue weighted by atomic mass is 10.1. The summed E-state index contributed by atoms with van der Waals surface area (Å²) in [5, 5.41) is 26.5. The molecule has 0 radical (unpaired) electrons. The maximum absolute atomic E-state index is 12.3. The Balaban J connectivity index is 2.66. The Hall–Kier alpha value is -2.63. The zero-order chi connectivity index (χ0) is 21.6.